The van der Waals surface area contributed by atoms with Crippen LogP contribution in [-0.2, 0) is 6.42 Å². The van der Waals surface area contributed by atoms with Crippen molar-refractivity contribution in [3.63, 3.8) is 0 Å². The summed E-state index contributed by atoms with van der Waals surface area (Å²) < 4.78 is 0. The quantitative estimate of drug-likeness (QED) is 0.873. The van der Waals surface area contributed by atoms with Crippen LogP contribution < -0.4 is 10.6 Å². The van der Waals surface area contributed by atoms with Crippen LogP contribution in [0.4, 0.5) is 0 Å². The van der Waals surface area contributed by atoms with Gasteiger partial charge in [-0.3, -0.25) is 9.78 Å². The Morgan fingerprint density at radius 2 is 2.29 bits per heavy atom. The lowest BCUT2D eigenvalue weighted by atomic mass is 9.82. The maximum Gasteiger partial charge on any atom is 0.275 e. The molecule has 5 heteroatoms. The summed E-state index contributed by atoms with van der Waals surface area (Å²) in [6.07, 6.45) is 15.1. The van der Waals surface area contributed by atoms with E-state index < -0.39 is 0 Å². The Kier molecular flexibility index (Phi) is 5.75. The summed E-state index contributed by atoms with van der Waals surface area (Å²) in [7, 11) is 0. The minimum absolute atomic E-state index is 0.195. The van der Waals surface area contributed by atoms with Gasteiger partial charge < -0.3 is 10.6 Å². The summed E-state index contributed by atoms with van der Waals surface area (Å²) in [4.78, 5) is 20.8. The van der Waals surface area contributed by atoms with Gasteiger partial charge in [0.25, 0.3) is 5.91 Å². The van der Waals surface area contributed by atoms with Crippen molar-refractivity contribution in [3.8, 4) is 0 Å². The highest BCUT2D eigenvalue weighted by Gasteiger charge is 2.22. The van der Waals surface area contributed by atoms with E-state index in [0.717, 1.165) is 43.7 Å². The molecule has 2 atom stereocenters. The number of nitrogens with zero attached hydrogens (tertiary/aromatic N) is 2. The Balaban J connectivity index is 1.53. The highest BCUT2D eigenvalue weighted by molar-refractivity contribution is 5.93. The van der Waals surface area contributed by atoms with Crippen molar-refractivity contribution in [1.82, 2.24) is 20.6 Å². The average molecular weight is 326 g/mol. The topological polar surface area (TPSA) is 66.9 Å². The molecule has 1 aromatic heterocycles. The van der Waals surface area contributed by atoms with E-state index in [-0.39, 0.29) is 5.91 Å². The van der Waals surface area contributed by atoms with E-state index >= 15 is 0 Å². The van der Waals surface area contributed by atoms with Gasteiger partial charge in [0.05, 0.1) is 11.9 Å². The van der Waals surface area contributed by atoms with Gasteiger partial charge in [-0.25, -0.2) is 4.98 Å². The van der Waals surface area contributed by atoms with Crippen molar-refractivity contribution in [1.29, 1.82) is 0 Å². The first-order valence-corrected chi connectivity index (χ1v) is 8.97. The molecule has 1 aromatic rings. The van der Waals surface area contributed by atoms with Crippen LogP contribution in [0.25, 0.3) is 0 Å². The van der Waals surface area contributed by atoms with Gasteiger partial charge in [-0.05, 0) is 56.7 Å². The molecule has 1 saturated heterocycles. The maximum atomic E-state index is 12.3. The van der Waals surface area contributed by atoms with Gasteiger partial charge in [0.1, 0.15) is 5.69 Å². The molecule has 5 nitrogen and oxygen atoms in total. The second-order valence-electron chi connectivity index (χ2n) is 6.62. The first-order chi connectivity index (χ1) is 11.8. The molecule has 2 aliphatic rings. The van der Waals surface area contributed by atoms with Crippen LogP contribution in [0.3, 0.4) is 0 Å². The molecule has 1 aliphatic heterocycles. The second-order valence-corrected chi connectivity index (χ2v) is 6.62. The third-order valence-electron chi connectivity index (χ3n) is 4.78. The zero-order valence-electron chi connectivity index (χ0n) is 14.3. The Morgan fingerprint density at radius 3 is 2.92 bits per heavy atom. The highest BCUT2D eigenvalue weighted by atomic mass is 16.1. The van der Waals surface area contributed by atoms with Gasteiger partial charge >= 0.3 is 0 Å². The number of piperidine rings is 1. The smallest absolute Gasteiger partial charge is 0.275 e. The van der Waals surface area contributed by atoms with Crippen LogP contribution in [0.15, 0.2) is 36.3 Å². The number of aryl methyl sites for hydroxylation is 1. The lowest BCUT2D eigenvalue weighted by molar-refractivity contribution is 0.0961. The third kappa shape index (κ3) is 4.29. The Hall–Kier alpha value is -2.01. The van der Waals surface area contributed by atoms with Crippen molar-refractivity contribution in [2.75, 3.05) is 13.1 Å². The van der Waals surface area contributed by atoms with Gasteiger partial charge in [0.15, 0.2) is 0 Å². The predicted octanol–water partition coefficient (Wildman–Crippen LogP) is 2.62. The number of hydrogen-bond acceptors (Lipinski definition) is 4. The van der Waals surface area contributed by atoms with Gasteiger partial charge in [0.2, 0.25) is 0 Å². The largest absolute Gasteiger partial charge is 0.321 e. The lowest BCUT2D eigenvalue weighted by Gasteiger charge is -2.30. The van der Waals surface area contributed by atoms with E-state index in [0.29, 0.717) is 17.5 Å². The number of allylic oxidation sites excluding steroid dienone is 3. The number of rotatable bonds is 5. The minimum atomic E-state index is -0.195. The zero-order valence-corrected chi connectivity index (χ0v) is 14.3. The van der Waals surface area contributed by atoms with Crippen LogP contribution in [0.2, 0.25) is 0 Å². The van der Waals surface area contributed by atoms with E-state index in [4.69, 9.17) is 0 Å². The molecular formula is C19H26N4O. The summed E-state index contributed by atoms with van der Waals surface area (Å²) in [6.45, 7) is 4.34. The van der Waals surface area contributed by atoms with E-state index in [2.05, 4.69) is 39.7 Å². The number of carbonyl (C=O) groups is 1. The summed E-state index contributed by atoms with van der Waals surface area (Å²) in [6, 6.07) is 0. The molecule has 0 radical (unpaired) electrons. The first-order valence-electron chi connectivity index (χ1n) is 8.97. The summed E-state index contributed by atoms with van der Waals surface area (Å²) in [5.74, 6) is 1.09. The number of nitrogens with one attached hydrogen (secondary N) is 2. The second kappa shape index (κ2) is 8.20. The standard InChI is InChI=1S/C19H26N4O/c1-2-4-17-12-22-18(13-21-17)19(24)23-16-8-6-14(7-9-16)15-5-3-10-20-11-15/h6,8-9,12-15,20H,2-5,7,10-11H2,1H3,(H,23,24)/t14?,15-/m1/s1. The fourth-order valence-corrected chi connectivity index (χ4v) is 3.38. The fourth-order valence-electron chi connectivity index (χ4n) is 3.38. The molecule has 0 aromatic carbocycles. The zero-order chi connectivity index (χ0) is 16.8. The van der Waals surface area contributed by atoms with Crippen molar-refractivity contribution < 1.29 is 4.79 Å². The van der Waals surface area contributed by atoms with Gasteiger partial charge in [-0.1, -0.05) is 25.5 Å². The van der Waals surface area contributed by atoms with E-state index in [1.54, 1.807) is 12.4 Å². The van der Waals surface area contributed by atoms with Crippen LogP contribution in [0, 0.1) is 11.8 Å². The molecule has 0 spiro atoms. The summed E-state index contributed by atoms with van der Waals surface area (Å²) >= 11 is 0. The SMILES string of the molecule is CCCc1cnc(C(=O)NC2=CCC([C@@H]3CCCNC3)C=C2)cn1. The molecule has 2 N–H and O–H groups in total. The van der Waals surface area contributed by atoms with Crippen LogP contribution in [-0.4, -0.2) is 29.0 Å². The number of hydrogen-bond donors (Lipinski definition) is 2. The number of carbonyl (C=O) groups excluding carboxylic acids is 1. The minimum Gasteiger partial charge on any atom is -0.321 e. The van der Waals surface area contributed by atoms with Crippen molar-refractivity contribution in [2.24, 2.45) is 11.8 Å². The molecule has 0 saturated carbocycles. The first kappa shape index (κ1) is 16.8. The fraction of sp³-hybridized carbons (Fsp3) is 0.526. The molecule has 0 bridgehead atoms. The monoisotopic (exact) mass is 326 g/mol. The van der Waals surface area contributed by atoms with Gasteiger partial charge in [0, 0.05) is 11.9 Å². The number of aromatic nitrogens is 2. The van der Waals surface area contributed by atoms with Crippen LogP contribution >= 0.6 is 0 Å². The molecule has 1 unspecified atom stereocenters. The van der Waals surface area contributed by atoms with Gasteiger partial charge in [-0.15, -0.1) is 0 Å². The maximum absolute atomic E-state index is 12.3. The molecule has 128 valence electrons. The van der Waals surface area contributed by atoms with E-state index in [1.165, 1.54) is 12.8 Å². The number of amides is 1. The normalized spacial score (nSPS) is 23.6. The third-order valence-corrected chi connectivity index (χ3v) is 4.78. The Labute approximate surface area is 143 Å². The Bertz CT molecular complexity index is 615. The summed E-state index contributed by atoms with van der Waals surface area (Å²) in [5.41, 5.74) is 2.15. The van der Waals surface area contributed by atoms with Gasteiger partial charge in [-0.2, -0.15) is 0 Å². The molecule has 3 rings (SSSR count). The summed E-state index contributed by atoms with van der Waals surface area (Å²) in [5, 5.41) is 6.40. The lowest BCUT2D eigenvalue weighted by Crippen LogP contribution is -2.34. The predicted molar refractivity (Wildman–Crippen MR) is 94.4 cm³/mol. The van der Waals surface area contributed by atoms with Crippen LogP contribution in [0.5, 0.6) is 0 Å². The molecular weight excluding hydrogens is 300 g/mol. The van der Waals surface area contributed by atoms with Crippen LogP contribution in [0.1, 0.15) is 48.8 Å². The Morgan fingerprint density at radius 1 is 1.38 bits per heavy atom. The van der Waals surface area contributed by atoms with E-state index in [1.807, 2.05) is 6.08 Å². The molecule has 1 aliphatic carbocycles. The van der Waals surface area contributed by atoms with E-state index in [9.17, 15) is 4.79 Å². The van der Waals surface area contributed by atoms with Crippen molar-refractivity contribution in [2.45, 2.75) is 39.0 Å². The molecule has 1 fully saturated rings. The highest BCUT2D eigenvalue weighted by Crippen LogP contribution is 2.27. The average Bonchev–Trinajstić information content (AvgIpc) is 2.64. The molecule has 1 amide bonds. The van der Waals surface area contributed by atoms with Crippen molar-refractivity contribution >= 4 is 5.91 Å². The molecule has 2 heterocycles. The molecule has 24 heavy (non-hydrogen) atoms. The van der Waals surface area contributed by atoms with Crippen molar-refractivity contribution in [3.05, 3.63) is 47.7 Å².